The van der Waals surface area contributed by atoms with Gasteiger partial charge in [0.15, 0.2) is 0 Å². The van der Waals surface area contributed by atoms with Gasteiger partial charge in [0.1, 0.15) is 0 Å². The Bertz CT molecular complexity index is 283. The lowest BCUT2D eigenvalue weighted by atomic mass is 9.89. The molecule has 2 heteroatoms. The quantitative estimate of drug-likeness (QED) is 0.739. The molecule has 1 aromatic rings. The lowest BCUT2D eigenvalue weighted by molar-refractivity contribution is 0.162. The van der Waals surface area contributed by atoms with E-state index in [0.717, 1.165) is 11.6 Å². The number of hydrogen-bond donors (Lipinski definition) is 0. The maximum Gasteiger partial charge on any atom is 0.0533 e. The molecule has 0 amide bonds. The van der Waals surface area contributed by atoms with Gasteiger partial charge in [0.2, 0.25) is 0 Å². The van der Waals surface area contributed by atoms with E-state index in [0.29, 0.717) is 11.8 Å². The zero-order valence-electron chi connectivity index (χ0n) is 8.96. The molecule has 0 fully saturated rings. The highest BCUT2D eigenvalue weighted by molar-refractivity contribution is 6.30. The molecule has 0 aliphatic rings. The van der Waals surface area contributed by atoms with Gasteiger partial charge in [0.25, 0.3) is 0 Å². The smallest absolute Gasteiger partial charge is 0.0533 e. The maximum atomic E-state index is 5.95. The van der Waals surface area contributed by atoms with Crippen LogP contribution in [0.25, 0.3) is 0 Å². The van der Waals surface area contributed by atoms with Gasteiger partial charge in [-0.05, 0) is 23.6 Å². The van der Waals surface area contributed by atoms with Crippen LogP contribution in [0.4, 0.5) is 0 Å². The fourth-order valence-corrected chi connectivity index (χ4v) is 1.79. The molecule has 0 bridgehead atoms. The summed E-state index contributed by atoms with van der Waals surface area (Å²) in [6.45, 7) is 5.15. The zero-order chi connectivity index (χ0) is 10.6. The van der Waals surface area contributed by atoms with E-state index < -0.39 is 0 Å². The summed E-state index contributed by atoms with van der Waals surface area (Å²) in [6, 6.07) is 8.01. The van der Waals surface area contributed by atoms with Gasteiger partial charge in [-0.3, -0.25) is 0 Å². The number of halogens is 1. The predicted molar refractivity (Wildman–Crippen MR) is 60.9 cm³/mol. The van der Waals surface area contributed by atoms with E-state index in [2.05, 4.69) is 19.9 Å². The van der Waals surface area contributed by atoms with E-state index in [4.69, 9.17) is 16.3 Å². The Morgan fingerprint density at radius 1 is 1.36 bits per heavy atom. The first kappa shape index (κ1) is 11.5. The summed E-state index contributed by atoms with van der Waals surface area (Å²) in [5, 5.41) is 0.796. The Balaban J connectivity index is 2.87. The molecule has 1 rings (SSSR count). The summed E-state index contributed by atoms with van der Waals surface area (Å²) in [7, 11) is 1.74. The van der Waals surface area contributed by atoms with Gasteiger partial charge in [-0.1, -0.05) is 37.6 Å². The molecule has 0 saturated heterocycles. The first-order valence-corrected chi connectivity index (χ1v) is 5.27. The highest BCUT2D eigenvalue weighted by atomic mass is 35.5. The Kier molecular flexibility index (Phi) is 4.43. The normalized spacial score (nSPS) is 13.2. The molecule has 1 atom stereocenters. The fourth-order valence-electron chi connectivity index (χ4n) is 1.59. The Morgan fingerprint density at radius 2 is 2.07 bits per heavy atom. The van der Waals surface area contributed by atoms with E-state index in [1.807, 2.05) is 18.2 Å². The first-order chi connectivity index (χ1) is 6.65. The van der Waals surface area contributed by atoms with Crippen LogP contribution in [0.1, 0.15) is 25.3 Å². The molecule has 0 aromatic heterocycles. The van der Waals surface area contributed by atoms with Crippen LogP contribution in [0.5, 0.6) is 0 Å². The molecule has 1 nitrogen and oxygen atoms in total. The minimum Gasteiger partial charge on any atom is -0.384 e. The predicted octanol–water partition coefficient (Wildman–Crippen LogP) is 3.73. The minimum absolute atomic E-state index is 0.429. The zero-order valence-corrected chi connectivity index (χ0v) is 9.71. The number of hydrogen-bond acceptors (Lipinski definition) is 1. The van der Waals surface area contributed by atoms with Crippen LogP contribution in [0, 0.1) is 5.92 Å². The Hall–Kier alpha value is -0.530. The molecule has 0 saturated carbocycles. The van der Waals surface area contributed by atoms with Crippen LogP contribution < -0.4 is 0 Å². The van der Waals surface area contributed by atoms with Crippen LogP contribution in [0.15, 0.2) is 24.3 Å². The minimum atomic E-state index is 0.429. The third-order valence-corrected chi connectivity index (χ3v) is 2.66. The van der Waals surface area contributed by atoms with Crippen molar-refractivity contribution < 1.29 is 4.74 Å². The summed E-state index contributed by atoms with van der Waals surface area (Å²) in [5.41, 5.74) is 1.26. The molecule has 0 heterocycles. The molecule has 0 spiro atoms. The van der Waals surface area contributed by atoms with E-state index in [-0.39, 0.29) is 0 Å². The highest BCUT2D eigenvalue weighted by Gasteiger charge is 2.15. The number of methoxy groups -OCH3 is 1. The fraction of sp³-hybridized carbons (Fsp3) is 0.500. The van der Waals surface area contributed by atoms with Gasteiger partial charge >= 0.3 is 0 Å². The Labute approximate surface area is 91.0 Å². The summed E-state index contributed by atoms with van der Waals surface area (Å²) < 4.78 is 5.22. The number of benzene rings is 1. The molecule has 14 heavy (non-hydrogen) atoms. The van der Waals surface area contributed by atoms with Gasteiger partial charge < -0.3 is 4.74 Å². The van der Waals surface area contributed by atoms with Crippen molar-refractivity contribution in [3.63, 3.8) is 0 Å². The van der Waals surface area contributed by atoms with Crippen LogP contribution in [0.3, 0.4) is 0 Å². The largest absolute Gasteiger partial charge is 0.384 e. The second kappa shape index (κ2) is 5.38. The molecule has 0 radical (unpaired) electrons. The van der Waals surface area contributed by atoms with Gasteiger partial charge in [-0.25, -0.2) is 0 Å². The standard InChI is InChI=1S/C12H17ClO/c1-9(2)12(8-14-3)10-5-4-6-11(13)7-10/h4-7,9,12H,8H2,1-3H3/t12-/m1/s1. The van der Waals surface area contributed by atoms with Crippen LogP contribution in [0.2, 0.25) is 5.02 Å². The third kappa shape index (κ3) is 3.00. The topological polar surface area (TPSA) is 9.23 Å². The van der Waals surface area contributed by atoms with Gasteiger partial charge in [0.05, 0.1) is 6.61 Å². The molecule has 0 aliphatic carbocycles. The van der Waals surface area contributed by atoms with Crippen LogP contribution in [-0.2, 0) is 4.74 Å². The second-order valence-electron chi connectivity index (χ2n) is 3.86. The average molecular weight is 213 g/mol. The molecular weight excluding hydrogens is 196 g/mol. The van der Waals surface area contributed by atoms with E-state index in [9.17, 15) is 0 Å². The summed E-state index contributed by atoms with van der Waals surface area (Å²) in [4.78, 5) is 0. The van der Waals surface area contributed by atoms with Crippen molar-refractivity contribution in [1.29, 1.82) is 0 Å². The molecule has 1 aromatic carbocycles. The number of ether oxygens (including phenoxy) is 1. The molecule has 0 aliphatic heterocycles. The van der Waals surface area contributed by atoms with Crippen molar-refractivity contribution in [2.45, 2.75) is 19.8 Å². The lowest BCUT2D eigenvalue weighted by Crippen LogP contribution is -2.12. The van der Waals surface area contributed by atoms with Crippen molar-refractivity contribution in [1.82, 2.24) is 0 Å². The van der Waals surface area contributed by atoms with Crippen molar-refractivity contribution in [2.75, 3.05) is 13.7 Å². The van der Waals surface area contributed by atoms with Crippen molar-refractivity contribution in [2.24, 2.45) is 5.92 Å². The van der Waals surface area contributed by atoms with Crippen molar-refractivity contribution >= 4 is 11.6 Å². The molecule has 78 valence electrons. The maximum absolute atomic E-state index is 5.95. The van der Waals surface area contributed by atoms with Gasteiger partial charge in [-0.15, -0.1) is 0 Å². The van der Waals surface area contributed by atoms with Crippen molar-refractivity contribution in [3.05, 3.63) is 34.9 Å². The summed E-state index contributed by atoms with van der Waals surface area (Å²) in [6.07, 6.45) is 0. The van der Waals surface area contributed by atoms with E-state index >= 15 is 0 Å². The summed E-state index contributed by atoms with van der Waals surface area (Å²) >= 11 is 5.95. The van der Waals surface area contributed by atoms with E-state index in [1.165, 1.54) is 5.56 Å². The van der Waals surface area contributed by atoms with Gasteiger partial charge in [0, 0.05) is 18.1 Å². The van der Waals surface area contributed by atoms with Crippen molar-refractivity contribution in [3.8, 4) is 0 Å². The highest BCUT2D eigenvalue weighted by Crippen LogP contribution is 2.26. The van der Waals surface area contributed by atoms with Crippen LogP contribution in [-0.4, -0.2) is 13.7 Å². The molecule has 0 N–H and O–H groups in total. The SMILES string of the molecule is COC[C@@H](c1cccc(Cl)c1)C(C)C. The molecule has 0 unspecified atom stereocenters. The van der Waals surface area contributed by atoms with E-state index in [1.54, 1.807) is 7.11 Å². The lowest BCUT2D eigenvalue weighted by Gasteiger charge is -2.20. The Morgan fingerprint density at radius 3 is 2.57 bits per heavy atom. The average Bonchev–Trinajstić information content (AvgIpc) is 2.13. The molecular formula is C12H17ClO. The first-order valence-electron chi connectivity index (χ1n) is 4.89. The monoisotopic (exact) mass is 212 g/mol. The van der Waals surface area contributed by atoms with Crippen LogP contribution >= 0.6 is 11.6 Å². The number of rotatable bonds is 4. The van der Waals surface area contributed by atoms with Gasteiger partial charge in [-0.2, -0.15) is 0 Å². The summed E-state index contributed by atoms with van der Waals surface area (Å²) in [5.74, 6) is 0.993. The third-order valence-electron chi connectivity index (χ3n) is 2.43. The second-order valence-corrected chi connectivity index (χ2v) is 4.30.